The highest BCUT2D eigenvalue weighted by Crippen LogP contribution is 2.35. The van der Waals surface area contributed by atoms with Gasteiger partial charge in [0, 0.05) is 24.2 Å². The molecule has 0 saturated heterocycles. The van der Waals surface area contributed by atoms with Crippen LogP contribution in [0.1, 0.15) is 17.2 Å². The molecular formula is C9H11NO3. The zero-order chi connectivity index (χ0) is 9.42. The number of hydrogen-bond acceptors (Lipinski definition) is 4. The van der Waals surface area contributed by atoms with Crippen molar-refractivity contribution in [3.05, 3.63) is 23.3 Å². The molecule has 13 heavy (non-hydrogen) atoms. The van der Waals surface area contributed by atoms with Crippen LogP contribution in [0.25, 0.3) is 0 Å². The third kappa shape index (κ3) is 1.24. The lowest BCUT2D eigenvalue weighted by Gasteiger charge is -2.23. The first kappa shape index (κ1) is 8.34. The maximum Gasteiger partial charge on any atom is 0.122 e. The maximum atomic E-state index is 9.53. The first-order chi connectivity index (χ1) is 6.20. The average Bonchev–Trinajstić information content (AvgIpc) is 2.12. The number of aliphatic hydroxyl groups is 1. The Hall–Kier alpha value is -1.26. The molecule has 0 aliphatic carbocycles. The van der Waals surface area contributed by atoms with Crippen LogP contribution in [-0.4, -0.2) is 21.9 Å². The van der Waals surface area contributed by atoms with E-state index < -0.39 is 6.10 Å². The van der Waals surface area contributed by atoms with Gasteiger partial charge in [0.1, 0.15) is 11.5 Å². The summed E-state index contributed by atoms with van der Waals surface area (Å²) in [6.45, 7) is 0.886. The lowest BCUT2D eigenvalue weighted by atomic mass is 9.97. The molecule has 4 nitrogen and oxygen atoms in total. The van der Waals surface area contributed by atoms with Crippen LogP contribution in [0.15, 0.2) is 12.1 Å². The summed E-state index contributed by atoms with van der Waals surface area (Å²) >= 11 is 0. The Morgan fingerprint density at radius 1 is 1.23 bits per heavy atom. The first-order valence-electron chi connectivity index (χ1n) is 4.12. The summed E-state index contributed by atoms with van der Waals surface area (Å²) < 4.78 is 0. The van der Waals surface area contributed by atoms with Crippen molar-refractivity contribution in [2.75, 3.05) is 6.54 Å². The number of phenols is 2. The molecule has 1 aliphatic heterocycles. The van der Waals surface area contributed by atoms with Crippen LogP contribution in [-0.2, 0) is 6.54 Å². The molecule has 0 bridgehead atoms. The summed E-state index contributed by atoms with van der Waals surface area (Å²) in [5, 5.41) is 31.4. The van der Waals surface area contributed by atoms with E-state index in [0.717, 1.165) is 0 Å². The molecule has 1 aromatic carbocycles. The van der Waals surface area contributed by atoms with Gasteiger partial charge in [0.25, 0.3) is 0 Å². The standard InChI is InChI=1S/C9H11NO3/c11-6-1-2-7(12)9-5(6)3-10-4-8(9)13/h1-2,8,10-13H,3-4H2/t8-/m0/s1. The van der Waals surface area contributed by atoms with Crippen molar-refractivity contribution in [2.24, 2.45) is 0 Å². The van der Waals surface area contributed by atoms with Crippen molar-refractivity contribution >= 4 is 0 Å². The van der Waals surface area contributed by atoms with Crippen molar-refractivity contribution in [2.45, 2.75) is 12.6 Å². The van der Waals surface area contributed by atoms with E-state index in [0.29, 0.717) is 24.2 Å². The molecule has 1 atom stereocenters. The van der Waals surface area contributed by atoms with Gasteiger partial charge in [0.15, 0.2) is 0 Å². The SMILES string of the molecule is Oc1ccc(O)c2c1CNC[C@@H]2O. The number of hydrogen-bond donors (Lipinski definition) is 4. The largest absolute Gasteiger partial charge is 0.508 e. The fourth-order valence-electron chi connectivity index (χ4n) is 1.63. The predicted molar refractivity (Wildman–Crippen MR) is 46.4 cm³/mol. The topological polar surface area (TPSA) is 72.7 Å². The molecule has 0 unspecified atom stereocenters. The second kappa shape index (κ2) is 2.90. The number of phenolic OH excluding ortho intramolecular Hbond substituents is 2. The normalized spacial score (nSPS) is 21.2. The molecule has 0 aromatic heterocycles. The molecular weight excluding hydrogens is 170 g/mol. The fraction of sp³-hybridized carbons (Fsp3) is 0.333. The Kier molecular flexibility index (Phi) is 1.86. The van der Waals surface area contributed by atoms with Crippen LogP contribution in [0, 0.1) is 0 Å². The molecule has 1 heterocycles. The summed E-state index contributed by atoms with van der Waals surface area (Å²) in [5.41, 5.74) is 1.03. The van der Waals surface area contributed by atoms with E-state index in [4.69, 9.17) is 0 Å². The van der Waals surface area contributed by atoms with E-state index in [2.05, 4.69) is 5.32 Å². The number of β-amino-alcohol motifs (C(OH)–C–C–N with tert-alkyl or cyclic N) is 1. The Morgan fingerprint density at radius 3 is 2.62 bits per heavy atom. The summed E-state index contributed by atoms with van der Waals surface area (Å²) in [6.07, 6.45) is -0.740. The minimum absolute atomic E-state index is 0.0433. The molecule has 0 radical (unpaired) electrons. The highest BCUT2D eigenvalue weighted by Gasteiger charge is 2.23. The van der Waals surface area contributed by atoms with Gasteiger partial charge >= 0.3 is 0 Å². The van der Waals surface area contributed by atoms with Gasteiger partial charge in [-0.15, -0.1) is 0 Å². The molecule has 0 fully saturated rings. The molecule has 4 heteroatoms. The van der Waals surface area contributed by atoms with Crippen molar-refractivity contribution in [1.82, 2.24) is 5.32 Å². The minimum Gasteiger partial charge on any atom is -0.508 e. The third-order valence-electron chi connectivity index (χ3n) is 2.28. The lowest BCUT2D eigenvalue weighted by Crippen LogP contribution is -2.28. The van der Waals surface area contributed by atoms with Gasteiger partial charge in [0.05, 0.1) is 6.10 Å². The molecule has 4 N–H and O–H groups in total. The van der Waals surface area contributed by atoms with Gasteiger partial charge in [-0.2, -0.15) is 0 Å². The van der Waals surface area contributed by atoms with Gasteiger partial charge in [-0.05, 0) is 12.1 Å². The van der Waals surface area contributed by atoms with E-state index in [1.54, 1.807) is 0 Å². The van der Waals surface area contributed by atoms with Crippen molar-refractivity contribution in [3.63, 3.8) is 0 Å². The number of benzene rings is 1. The number of aromatic hydroxyl groups is 2. The van der Waals surface area contributed by atoms with Crippen LogP contribution in [0.3, 0.4) is 0 Å². The molecule has 70 valence electrons. The Morgan fingerprint density at radius 2 is 1.92 bits per heavy atom. The van der Waals surface area contributed by atoms with Crippen molar-refractivity contribution in [1.29, 1.82) is 0 Å². The number of fused-ring (bicyclic) bond motifs is 1. The van der Waals surface area contributed by atoms with Crippen molar-refractivity contribution < 1.29 is 15.3 Å². The summed E-state index contributed by atoms with van der Waals surface area (Å²) in [7, 11) is 0. The predicted octanol–water partition coefficient (Wildman–Crippen LogP) is 0.234. The second-order valence-corrected chi connectivity index (χ2v) is 3.14. The van der Waals surface area contributed by atoms with E-state index in [-0.39, 0.29) is 11.5 Å². The van der Waals surface area contributed by atoms with Crippen LogP contribution in [0.5, 0.6) is 11.5 Å². The fourth-order valence-corrected chi connectivity index (χ4v) is 1.63. The Balaban J connectivity index is 2.60. The van der Waals surface area contributed by atoms with Gasteiger partial charge < -0.3 is 20.6 Å². The zero-order valence-corrected chi connectivity index (χ0v) is 6.99. The first-order valence-corrected chi connectivity index (χ1v) is 4.12. The number of nitrogens with one attached hydrogen (secondary N) is 1. The average molecular weight is 181 g/mol. The molecule has 0 amide bonds. The summed E-state index contributed by atoms with van der Waals surface area (Å²) in [5.74, 6) is 0.154. The van der Waals surface area contributed by atoms with E-state index in [9.17, 15) is 15.3 Å². The number of aliphatic hydroxyl groups excluding tert-OH is 1. The molecule has 1 aliphatic rings. The molecule has 1 aromatic rings. The van der Waals surface area contributed by atoms with Gasteiger partial charge in [-0.3, -0.25) is 0 Å². The minimum atomic E-state index is -0.740. The van der Waals surface area contributed by atoms with E-state index in [1.165, 1.54) is 12.1 Å². The smallest absolute Gasteiger partial charge is 0.122 e. The Bertz CT molecular complexity index is 338. The van der Waals surface area contributed by atoms with Gasteiger partial charge in [-0.25, -0.2) is 0 Å². The summed E-state index contributed by atoms with van der Waals surface area (Å²) in [6, 6.07) is 2.82. The van der Waals surface area contributed by atoms with Crippen LogP contribution in [0.2, 0.25) is 0 Å². The quantitative estimate of drug-likeness (QED) is 0.432. The number of rotatable bonds is 0. The zero-order valence-electron chi connectivity index (χ0n) is 6.99. The molecule has 0 spiro atoms. The highest BCUT2D eigenvalue weighted by atomic mass is 16.3. The third-order valence-corrected chi connectivity index (χ3v) is 2.28. The van der Waals surface area contributed by atoms with Crippen molar-refractivity contribution in [3.8, 4) is 11.5 Å². The van der Waals surface area contributed by atoms with Gasteiger partial charge in [0.2, 0.25) is 0 Å². The molecule has 0 saturated carbocycles. The van der Waals surface area contributed by atoms with Crippen LogP contribution in [0.4, 0.5) is 0 Å². The van der Waals surface area contributed by atoms with Crippen LogP contribution >= 0.6 is 0 Å². The monoisotopic (exact) mass is 181 g/mol. The lowest BCUT2D eigenvalue weighted by molar-refractivity contribution is 0.160. The maximum absolute atomic E-state index is 9.53. The molecule has 2 rings (SSSR count). The Labute approximate surface area is 75.5 Å². The summed E-state index contributed by atoms with van der Waals surface area (Å²) in [4.78, 5) is 0. The van der Waals surface area contributed by atoms with E-state index in [1.807, 2.05) is 0 Å². The van der Waals surface area contributed by atoms with Gasteiger partial charge in [-0.1, -0.05) is 0 Å². The van der Waals surface area contributed by atoms with E-state index >= 15 is 0 Å². The van der Waals surface area contributed by atoms with Crippen LogP contribution < -0.4 is 5.32 Å². The highest BCUT2D eigenvalue weighted by molar-refractivity contribution is 5.49. The second-order valence-electron chi connectivity index (χ2n) is 3.14.